The Morgan fingerprint density at radius 2 is 2.32 bits per heavy atom. The summed E-state index contributed by atoms with van der Waals surface area (Å²) in [5.41, 5.74) is 2.71. The van der Waals surface area contributed by atoms with Crippen LogP contribution in [0.4, 0.5) is 0 Å². The first-order valence-corrected chi connectivity index (χ1v) is 10.1. The summed E-state index contributed by atoms with van der Waals surface area (Å²) in [4.78, 5) is 31.3. The van der Waals surface area contributed by atoms with Gasteiger partial charge in [0.2, 0.25) is 0 Å². The van der Waals surface area contributed by atoms with Gasteiger partial charge in [-0.1, -0.05) is 13.0 Å². The third kappa shape index (κ3) is 3.93. The van der Waals surface area contributed by atoms with Crippen molar-refractivity contribution < 1.29 is 14.3 Å². The minimum Gasteiger partial charge on any atom is -0.491 e. The van der Waals surface area contributed by atoms with Gasteiger partial charge in [-0.15, -0.1) is 11.3 Å². The van der Waals surface area contributed by atoms with Crippen LogP contribution in [-0.4, -0.2) is 34.9 Å². The highest BCUT2D eigenvalue weighted by molar-refractivity contribution is 7.18. The lowest BCUT2D eigenvalue weighted by atomic mass is 10.2. The first kappa shape index (κ1) is 18.6. The lowest BCUT2D eigenvalue weighted by Gasteiger charge is -2.12. The SMILES string of the molecule is CCc1cc2c(=O)n(NC(=O)c3cccc(OC[C@H]4CCCO4)c3)cnc2s1. The van der Waals surface area contributed by atoms with Crippen molar-refractivity contribution in [1.82, 2.24) is 9.66 Å². The molecule has 0 spiro atoms. The second kappa shape index (κ2) is 8.12. The van der Waals surface area contributed by atoms with Crippen LogP contribution in [0.2, 0.25) is 0 Å². The van der Waals surface area contributed by atoms with Crippen molar-refractivity contribution in [2.24, 2.45) is 0 Å². The topological polar surface area (TPSA) is 82.5 Å². The molecule has 3 aromatic rings. The Morgan fingerprint density at radius 3 is 3.11 bits per heavy atom. The fraction of sp³-hybridized carbons (Fsp3) is 0.350. The van der Waals surface area contributed by atoms with Gasteiger partial charge in [-0.2, -0.15) is 0 Å². The van der Waals surface area contributed by atoms with Crippen molar-refractivity contribution in [3.05, 3.63) is 57.5 Å². The van der Waals surface area contributed by atoms with E-state index in [0.717, 1.165) is 35.4 Å². The maximum Gasteiger partial charge on any atom is 0.280 e. The Kier molecular flexibility index (Phi) is 5.40. The molecule has 0 unspecified atom stereocenters. The second-order valence-electron chi connectivity index (χ2n) is 6.62. The Bertz CT molecular complexity index is 1050. The molecular formula is C20H21N3O4S. The molecule has 0 aliphatic carbocycles. The quantitative estimate of drug-likeness (QED) is 0.689. The van der Waals surface area contributed by atoms with E-state index in [2.05, 4.69) is 10.4 Å². The van der Waals surface area contributed by atoms with Gasteiger partial charge in [0, 0.05) is 17.0 Å². The molecule has 1 fully saturated rings. The zero-order valence-corrected chi connectivity index (χ0v) is 16.3. The van der Waals surface area contributed by atoms with E-state index in [9.17, 15) is 9.59 Å². The maximum absolute atomic E-state index is 12.6. The molecule has 28 heavy (non-hydrogen) atoms. The van der Waals surface area contributed by atoms with Crippen molar-refractivity contribution in [2.75, 3.05) is 18.6 Å². The average molecular weight is 399 g/mol. The van der Waals surface area contributed by atoms with E-state index in [1.165, 1.54) is 17.7 Å². The maximum atomic E-state index is 12.6. The Hall–Kier alpha value is -2.71. The molecule has 1 atom stereocenters. The molecule has 1 N–H and O–H groups in total. The lowest BCUT2D eigenvalue weighted by Crippen LogP contribution is -2.33. The molecule has 1 saturated heterocycles. The minimum absolute atomic E-state index is 0.104. The first-order valence-electron chi connectivity index (χ1n) is 9.30. The zero-order chi connectivity index (χ0) is 19.5. The molecule has 4 rings (SSSR count). The summed E-state index contributed by atoms with van der Waals surface area (Å²) in [5, 5.41) is 0.512. The van der Waals surface area contributed by atoms with Gasteiger partial charge in [0.1, 0.15) is 23.5 Å². The molecule has 7 nitrogen and oxygen atoms in total. The average Bonchev–Trinajstić information content (AvgIpc) is 3.38. The van der Waals surface area contributed by atoms with Crippen molar-refractivity contribution in [1.29, 1.82) is 0 Å². The Morgan fingerprint density at radius 1 is 1.43 bits per heavy atom. The van der Waals surface area contributed by atoms with E-state index in [-0.39, 0.29) is 11.7 Å². The highest BCUT2D eigenvalue weighted by atomic mass is 32.1. The highest BCUT2D eigenvalue weighted by Gasteiger charge is 2.17. The lowest BCUT2D eigenvalue weighted by molar-refractivity contribution is 0.0679. The molecule has 1 aliphatic heterocycles. The molecule has 1 aromatic carbocycles. The molecule has 0 bridgehead atoms. The van der Waals surface area contributed by atoms with E-state index in [4.69, 9.17) is 9.47 Å². The summed E-state index contributed by atoms with van der Waals surface area (Å²) < 4.78 is 12.4. The van der Waals surface area contributed by atoms with Crippen LogP contribution < -0.4 is 15.7 Å². The van der Waals surface area contributed by atoms with Gasteiger partial charge < -0.3 is 9.47 Å². The number of ether oxygens (including phenoxy) is 2. The number of nitrogens with one attached hydrogen (secondary N) is 1. The molecule has 0 saturated carbocycles. The number of thiophene rings is 1. The van der Waals surface area contributed by atoms with Crippen molar-refractivity contribution in [3.8, 4) is 5.75 Å². The van der Waals surface area contributed by atoms with Crippen LogP contribution in [0.5, 0.6) is 5.75 Å². The molecule has 1 aliphatic rings. The zero-order valence-electron chi connectivity index (χ0n) is 15.5. The molecule has 1 amide bonds. The molecule has 146 valence electrons. The summed E-state index contributed by atoms with van der Waals surface area (Å²) >= 11 is 1.49. The summed E-state index contributed by atoms with van der Waals surface area (Å²) in [5.74, 6) is 0.186. The number of amides is 1. The minimum atomic E-state index is -0.406. The number of aryl methyl sites for hydroxylation is 1. The summed E-state index contributed by atoms with van der Waals surface area (Å²) in [7, 11) is 0. The number of nitrogens with zero attached hydrogens (tertiary/aromatic N) is 2. The predicted octanol–water partition coefficient (Wildman–Crippen LogP) is 2.96. The fourth-order valence-corrected chi connectivity index (χ4v) is 4.02. The van der Waals surface area contributed by atoms with E-state index in [1.54, 1.807) is 24.3 Å². The largest absolute Gasteiger partial charge is 0.491 e. The van der Waals surface area contributed by atoms with E-state index in [1.807, 2.05) is 13.0 Å². The standard InChI is InChI=1S/C20H21N3O4S/c1-2-16-10-17-19(28-16)21-12-23(20(17)25)22-18(24)13-5-3-6-14(9-13)27-11-15-7-4-8-26-15/h3,5-6,9-10,12,15H,2,4,7-8,11H2,1H3,(H,22,24)/t15-/m1/s1. The number of fused-ring (bicyclic) bond motifs is 1. The van der Waals surface area contributed by atoms with E-state index in [0.29, 0.717) is 28.1 Å². The van der Waals surface area contributed by atoms with Crippen molar-refractivity contribution in [3.63, 3.8) is 0 Å². The molecule has 2 aromatic heterocycles. The van der Waals surface area contributed by atoms with Gasteiger partial charge in [0.05, 0.1) is 11.5 Å². The fourth-order valence-electron chi connectivity index (χ4n) is 3.09. The summed E-state index contributed by atoms with van der Waals surface area (Å²) in [6.45, 7) is 3.26. The van der Waals surface area contributed by atoms with Gasteiger partial charge in [-0.3, -0.25) is 15.0 Å². The van der Waals surface area contributed by atoms with Crippen LogP contribution >= 0.6 is 11.3 Å². The smallest absolute Gasteiger partial charge is 0.280 e. The van der Waals surface area contributed by atoms with Gasteiger partial charge in [0.25, 0.3) is 11.5 Å². The summed E-state index contributed by atoms with van der Waals surface area (Å²) in [6.07, 6.45) is 4.32. The highest BCUT2D eigenvalue weighted by Crippen LogP contribution is 2.21. The van der Waals surface area contributed by atoms with Crippen LogP contribution in [0, 0.1) is 0 Å². The number of carbonyl (C=O) groups excluding carboxylic acids is 1. The van der Waals surface area contributed by atoms with Crippen LogP contribution in [0.25, 0.3) is 10.2 Å². The molecule has 8 heteroatoms. The summed E-state index contributed by atoms with van der Waals surface area (Å²) in [6, 6.07) is 8.70. The van der Waals surface area contributed by atoms with Gasteiger partial charge >= 0.3 is 0 Å². The third-order valence-corrected chi connectivity index (χ3v) is 5.82. The molecule has 3 heterocycles. The number of hydrogen-bond donors (Lipinski definition) is 1. The molecular weight excluding hydrogens is 378 g/mol. The van der Waals surface area contributed by atoms with E-state index >= 15 is 0 Å². The normalized spacial score (nSPS) is 16.4. The van der Waals surface area contributed by atoms with E-state index < -0.39 is 5.91 Å². The Balaban J connectivity index is 1.48. The number of hydrogen-bond acceptors (Lipinski definition) is 6. The van der Waals surface area contributed by atoms with Gasteiger partial charge in [-0.25, -0.2) is 9.66 Å². The first-order chi connectivity index (χ1) is 13.6. The number of benzene rings is 1. The van der Waals surface area contributed by atoms with Crippen LogP contribution in [0.1, 0.15) is 35.0 Å². The Labute approximate surface area is 165 Å². The van der Waals surface area contributed by atoms with Crippen molar-refractivity contribution >= 4 is 27.5 Å². The monoisotopic (exact) mass is 399 g/mol. The third-order valence-electron chi connectivity index (χ3n) is 4.63. The van der Waals surface area contributed by atoms with Crippen molar-refractivity contribution in [2.45, 2.75) is 32.3 Å². The van der Waals surface area contributed by atoms with Gasteiger partial charge in [-0.05, 0) is 43.5 Å². The number of aromatic nitrogens is 2. The van der Waals surface area contributed by atoms with Gasteiger partial charge in [0.15, 0.2) is 0 Å². The number of carbonyl (C=O) groups is 1. The second-order valence-corrected chi connectivity index (χ2v) is 7.73. The predicted molar refractivity (Wildman–Crippen MR) is 108 cm³/mol. The molecule has 0 radical (unpaired) electrons. The van der Waals surface area contributed by atoms with Crippen LogP contribution in [-0.2, 0) is 11.2 Å². The number of rotatable bonds is 6. The van der Waals surface area contributed by atoms with Crippen LogP contribution in [0.15, 0.2) is 41.5 Å². The van der Waals surface area contributed by atoms with Crippen LogP contribution in [0.3, 0.4) is 0 Å².